The lowest BCUT2D eigenvalue weighted by atomic mass is 10.1. The number of hydrogen-bond acceptors (Lipinski definition) is 5. The van der Waals surface area contributed by atoms with Gasteiger partial charge in [-0.05, 0) is 24.6 Å². The molecule has 0 amide bonds. The summed E-state index contributed by atoms with van der Waals surface area (Å²) in [4.78, 5) is 20.5. The van der Waals surface area contributed by atoms with Crippen molar-refractivity contribution in [1.82, 2.24) is 4.57 Å². The van der Waals surface area contributed by atoms with E-state index in [1.807, 2.05) is 13.0 Å². The van der Waals surface area contributed by atoms with Crippen molar-refractivity contribution in [1.29, 1.82) is 0 Å². The van der Waals surface area contributed by atoms with Crippen molar-refractivity contribution in [3.63, 3.8) is 0 Å². The average molecular weight is 290 g/mol. The van der Waals surface area contributed by atoms with E-state index in [0.717, 1.165) is 11.6 Å². The van der Waals surface area contributed by atoms with Crippen LogP contribution < -0.4 is 5.73 Å². The van der Waals surface area contributed by atoms with Gasteiger partial charge in [0.15, 0.2) is 0 Å². The standard InChI is InChI=1S/C13H14N4O4/c1-9(14)10-4-5-15(7-10)8-11-2-3-12(16(18)19)6-13(11)17(20)21/h2-7,9H,8,14H2,1H3. The van der Waals surface area contributed by atoms with Gasteiger partial charge in [-0.15, -0.1) is 0 Å². The molecule has 2 rings (SSSR count). The van der Waals surface area contributed by atoms with Gasteiger partial charge >= 0.3 is 0 Å². The Bertz CT molecular complexity index is 693. The highest BCUT2D eigenvalue weighted by Gasteiger charge is 2.19. The van der Waals surface area contributed by atoms with Crippen LogP contribution in [-0.2, 0) is 6.54 Å². The molecule has 0 bridgehead atoms. The van der Waals surface area contributed by atoms with E-state index in [-0.39, 0.29) is 24.0 Å². The van der Waals surface area contributed by atoms with Gasteiger partial charge in [-0.2, -0.15) is 0 Å². The van der Waals surface area contributed by atoms with E-state index < -0.39 is 9.85 Å². The Balaban J connectivity index is 2.34. The van der Waals surface area contributed by atoms with Crippen LogP contribution in [0.25, 0.3) is 0 Å². The number of hydrogen-bond donors (Lipinski definition) is 1. The number of nitro benzene ring substituents is 2. The van der Waals surface area contributed by atoms with Gasteiger partial charge in [-0.3, -0.25) is 20.2 Å². The number of nitrogens with zero attached hydrogens (tertiary/aromatic N) is 3. The van der Waals surface area contributed by atoms with E-state index in [1.165, 1.54) is 12.1 Å². The fourth-order valence-electron chi connectivity index (χ4n) is 1.99. The fraction of sp³-hybridized carbons (Fsp3) is 0.231. The van der Waals surface area contributed by atoms with Crippen molar-refractivity contribution in [2.45, 2.75) is 19.5 Å². The highest BCUT2D eigenvalue weighted by atomic mass is 16.6. The first kappa shape index (κ1) is 14.7. The largest absolute Gasteiger partial charge is 0.349 e. The zero-order valence-electron chi connectivity index (χ0n) is 11.3. The zero-order valence-corrected chi connectivity index (χ0v) is 11.3. The van der Waals surface area contributed by atoms with Gasteiger partial charge in [-0.1, -0.05) is 0 Å². The smallest absolute Gasteiger partial charge is 0.281 e. The van der Waals surface area contributed by atoms with Gasteiger partial charge in [-0.25, -0.2) is 0 Å². The van der Waals surface area contributed by atoms with Crippen LogP contribution in [0.2, 0.25) is 0 Å². The molecule has 21 heavy (non-hydrogen) atoms. The maximum absolute atomic E-state index is 11.1. The monoisotopic (exact) mass is 290 g/mol. The molecule has 110 valence electrons. The van der Waals surface area contributed by atoms with E-state index in [1.54, 1.807) is 17.0 Å². The van der Waals surface area contributed by atoms with Gasteiger partial charge in [0, 0.05) is 30.1 Å². The topological polar surface area (TPSA) is 117 Å². The van der Waals surface area contributed by atoms with Crippen molar-refractivity contribution < 1.29 is 9.85 Å². The molecule has 2 N–H and O–H groups in total. The van der Waals surface area contributed by atoms with Gasteiger partial charge in [0.25, 0.3) is 11.4 Å². The third-order valence-electron chi connectivity index (χ3n) is 3.13. The molecule has 0 spiro atoms. The molecule has 8 heteroatoms. The highest BCUT2D eigenvalue weighted by molar-refractivity contribution is 5.49. The lowest BCUT2D eigenvalue weighted by Crippen LogP contribution is -2.05. The molecule has 1 aromatic carbocycles. The summed E-state index contributed by atoms with van der Waals surface area (Å²) in [6.07, 6.45) is 3.57. The molecule has 2 aromatic rings. The molecule has 0 radical (unpaired) electrons. The summed E-state index contributed by atoms with van der Waals surface area (Å²) < 4.78 is 1.76. The molecule has 1 unspecified atom stereocenters. The second kappa shape index (κ2) is 5.71. The van der Waals surface area contributed by atoms with Crippen molar-refractivity contribution in [3.05, 3.63) is 68.0 Å². The third-order valence-corrected chi connectivity index (χ3v) is 3.13. The van der Waals surface area contributed by atoms with Crippen LogP contribution in [0.1, 0.15) is 24.1 Å². The number of nitrogens with two attached hydrogens (primary N) is 1. The lowest BCUT2D eigenvalue weighted by Gasteiger charge is -2.05. The molecule has 0 fully saturated rings. The summed E-state index contributed by atoms with van der Waals surface area (Å²) >= 11 is 0. The predicted molar refractivity (Wildman–Crippen MR) is 75.9 cm³/mol. The molecule has 0 aliphatic heterocycles. The van der Waals surface area contributed by atoms with Gasteiger partial charge in [0.05, 0.1) is 22.5 Å². The van der Waals surface area contributed by atoms with Gasteiger partial charge in [0.2, 0.25) is 0 Å². The molecule has 0 saturated carbocycles. The third kappa shape index (κ3) is 3.23. The van der Waals surface area contributed by atoms with Crippen molar-refractivity contribution in [2.75, 3.05) is 0 Å². The minimum Gasteiger partial charge on any atom is -0.349 e. The van der Waals surface area contributed by atoms with Crippen LogP contribution in [-0.4, -0.2) is 14.4 Å². The number of nitro groups is 2. The molecule has 1 atom stereocenters. The van der Waals surface area contributed by atoms with Gasteiger partial charge in [0.1, 0.15) is 0 Å². The molecular formula is C13H14N4O4. The van der Waals surface area contributed by atoms with Crippen LogP contribution in [0.4, 0.5) is 11.4 Å². The van der Waals surface area contributed by atoms with Crippen molar-refractivity contribution in [3.8, 4) is 0 Å². The summed E-state index contributed by atoms with van der Waals surface area (Å²) in [7, 11) is 0. The Morgan fingerprint density at radius 2 is 1.95 bits per heavy atom. The summed E-state index contributed by atoms with van der Waals surface area (Å²) in [6.45, 7) is 2.09. The molecule has 1 aromatic heterocycles. The quantitative estimate of drug-likeness (QED) is 0.670. The maximum atomic E-state index is 11.1. The number of non-ortho nitro benzene ring substituents is 1. The van der Waals surface area contributed by atoms with Gasteiger partial charge < -0.3 is 10.3 Å². The first-order valence-corrected chi connectivity index (χ1v) is 6.21. The fourth-order valence-corrected chi connectivity index (χ4v) is 1.99. The second-order valence-corrected chi connectivity index (χ2v) is 4.73. The maximum Gasteiger partial charge on any atom is 0.281 e. The first-order chi connectivity index (χ1) is 9.88. The summed E-state index contributed by atoms with van der Waals surface area (Å²) in [5, 5.41) is 21.7. The van der Waals surface area contributed by atoms with Crippen molar-refractivity contribution >= 4 is 11.4 Å². The van der Waals surface area contributed by atoms with E-state index in [0.29, 0.717) is 5.56 Å². The summed E-state index contributed by atoms with van der Waals surface area (Å²) in [5.74, 6) is 0. The zero-order chi connectivity index (χ0) is 15.6. The molecule has 0 saturated heterocycles. The molecule has 0 aliphatic rings. The Hall–Kier alpha value is -2.74. The summed E-state index contributed by atoms with van der Waals surface area (Å²) in [5.41, 5.74) is 6.51. The normalized spacial score (nSPS) is 12.1. The molecular weight excluding hydrogens is 276 g/mol. The Morgan fingerprint density at radius 1 is 1.24 bits per heavy atom. The van der Waals surface area contributed by atoms with Crippen LogP contribution in [0, 0.1) is 20.2 Å². The second-order valence-electron chi connectivity index (χ2n) is 4.73. The van der Waals surface area contributed by atoms with Crippen LogP contribution in [0.15, 0.2) is 36.7 Å². The van der Waals surface area contributed by atoms with Crippen molar-refractivity contribution in [2.24, 2.45) is 5.73 Å². The average Bonchev–Trinajstić information content (AvgIpc) is 2.87. The predicted octanol–water partition coefficient (Wildman–Crippen LogP) is 2.37. The number of aromatic nitrogens is 1. The number of rotatable bonds is 5. The summed E-state index contributed by atoms with van der Waals surface area (Å²) in [6, 6.07) is 5.35. The Kier molecular flexibility index (Phi) is 3.99. The van der Waals surface area contributed by atoms with E-state index >= 15 is 0 Å². The molecule has 0 aliphatic carbocycles. The van der Waals surface area contributed by atoms with E-state index in [4.69, 9.17) is 5.73 Å². The van der Waals surface area contributed by atoms with E-state index in [9.17, 15) is 20.2 Å². The Morgan fingerprint density at radius 3 is 2.48 bits per heavy atom. The van der Waals surface area contributed by atoms with Crippen LogP contribution >= 0.6 is 0 Å². The minimum absolute atomic E-state index is 0.127. The SMILES string of the molecule is CC(N)c1ccn(Cc2ccc([N+](=O)[O-])cc2[N+](=O)[O-])c1. The van der Waals surface area contributed by atoms with E-state index in [2.05, 4.69) is 0 Å². The number of benzene rings is 1. The van der Waals surface area contributed by atoms with Crippen LogP contribution in [0.5, 0.6) is 0 Å². The molecule has 8 nitrogen and oxygen atoms in total. The highest BCUT2D eigenvalue weighted by Crippen LogP contribution is 2.25. The first-order valence-electron chi connectivity index (χ1n) is 6.21. The molecule has 1 heterocycles. The lowest BCUT2D eigenvalue weighted by molar-refractivity contribution is -0.394. The minimum atomic E-state index is -0.652. The van der Waals surface area contributed by atoms with Crippen LogP contribution in [0.3, 0.4) is 0 Å². The Labute approximate surface area is 120 Å².